The monoisotopic (exact) mass is 546 g/mol. The molecule has 2 amide bonds. The van der Waals surface area contributed by atoms with Crippen LogP contribution in [0, 0.1) is 0 Å². The van der Waals surface area contributed by atoms with Crippen LogP contribution in [0.2, 0.25) is 0 Å². The summed E-state index contributed by atoms with van der Waals surface area (Å²) >= 11 is 0. The first-order valence-electron chi connectivity index (χ1n) is 14.6. The van der Waals surface area contributed by atoms with Gasteiger partial charge in [-0.3, -0.25) is 14.6 Å². The average molecular weight is 547 g/mol. The fourth-order valence-electron chi connectivity index (χ4n) is 3.57. The van der Waals surface area contributed by atoms with E-state index >= 15 is 0 Å². The Morgan fingerprint density at radius 2 is 1.38 bits per heavy atom. The lowest BCUT2D eigenvalue weighted by Gasteiger charge is -2.17. The number of rotatable bonds is 22. The molecule has 0 spiro atoms. The molecule has 0 saturated carbocycles. The van der Waals surface area contributed by atoms with Gasteiger partial charge in [-0.25, -0.2) is 0 Å². The number of carbonyl (C=O) groups is 2. The van der Waals surface area contributed by atoms with E-state index in [-0.39, 0.29) is 11.8 Å². The van der Waals surface area contributed by atoms with Crippen molar-refractivity contribution in [2.75, 3.05) is 33.2 Å². The van der Waals surface area contributed by atoms with Gasteiger partial charge in [-0.2, -0.15) is 0 Å². The summed E-state index contributed by atoms with van der Waals surface area (Å²) in [4.78, 5) is 30.1. The highest BCUT2D eigenvalue weighted by atomic mass is 16.2. The zero-order chi connectivity index (χ0) is 28.9. The average Bonchev–Trinajstić information content (AvgIpc) is 2.95. The minimum atomic E-state index is -0.00523. The summed E-state index contributed by atoms with van der Waals surface area (Å²) in [5, 5.41) is 5.90. The largest absolute Gasteiger partial charge is 0.355 e. The molecule has 218 valence electrons. The molecule has 0 fully saturated rings. The minimum Gasteiger partial charge on any atom is -0.355 e. The fraction of sp³-hybridized carbons (Fsp3) is 0.441. The van der Waals surface area contributed by atoms with Crippen molar-refractivity contribution in [1.82, 2.24) is 20.5 Å². The minimum absolute atomic E-state index is 0.00523. The number of nitrogens with zero attached hydrogens (tertiary/aromatic N) is 2. The van der Waals surface area contributed by atoms with E-state index in [1.54, 1.807) is 12.4 Å². The molecule has 0 aliphatic carbocycles. The third-order valence-electron chi connectivity index (χ3n) is 5.86. The molecular formula is C34H50N4O2. The van der Waals surface area contributed by atoms with Crippen LogP contribution in [0.25, 0.3) is 6.08 Å². The molecule has 0 aliphatic rings. The number of aromatic nitrogens is 1. The SMILES string of the molecule is CC/C=C\C/C=C\C/C=C\C/C=C\C/C=C\CCCC(=O)NCCN(C)CCNC(=O)C/C=C/c1cccnc1. The molecule has 0 saturated heterocycles. The topological polar surface area (TPSA) is 74.3 Å². The Morgan fingerprint density at radius 3 is 1.95 bits per heavy atom. The van der Waals surface area contributed by atoms with Gasteiger partial charge in [-0.1, -0.05) is 85.9 Å². The van der Waals surface area contributed by atoms with Crippen LogP contribution in [-0.4, -0.2) is 54.9 Å². The second kappa shape index (κ2) is 25.8. The molecule has 6 heteroatoms. The Hall–Kier alpha value is -3.51. The van der Waals surface area contributed by atoms with Crippen LogP contribution in [-0.2, 0) is 9.59 Å². The second-order valence-electron chi connectivity index (χ2n) is 9.50. The van der Waals surface area contributed by atoms with E-state index in [4.69, 9.17) is 0 Å². The molecular weight excluding hydrogens is 496 g/mol. The number of hydrogen-bond donors (Lipinski definition) is 2. The molecule has 1 heterocycles. The summed E-state index contributed by atoms with van der Waals surface area (Å²) in [5.74, 6) is 0.0869. The maximum absolute atomic E-state index is 12.0. The van der Waals surface area contributed by atoms with Crippen molar-refractivity contribution in [2.45, 2.75) is 64.7 Å². The van der Waals surface area contributed by atoms with Crippen LogP contribution >= 0.6 is 0 Å². The fourth-order valence-corrected chi connectivity index (χ4v) is 3.57. The van der Waals surface area contributed by atoms with Gasteiger partial charge in [0.1, 0.15) is 0 Å². The van der Waals surface area contributed by atoms with Crippen LogP contribution in [0.15, 0.2) is 91.4 Å². The third kappa shape index (κ3) is 22.5. The van der Waals surface area contributed by atoms with Crippen molar-refractivity contribution >= 4 is 17.9 Å². The van der Waals surface area contributed by atoms with Crippen LogP contribution in [0.3, 0.4) is 0 Å². The molecule has 1 aromatic rings. The summed E-state index contributed by atoms with van der Waals surface area (Å²) < 4.78 is 0. The van der Waals surface area contributed by atoms with Gasteiger partial charge < -0.3 is 15.5 Å². The van der Waals surface area contributed by atoms with Crippen molar-refractivity contribution in [1.29, 1.82) is 0 Å². The highest BCUT2D eigenvalue weighted by molar-refractivity contribution is 5.78. The van der Waals surface area contributed by atoms with Gasteiger partial charge in [-0.05, 0) is 63.6 Å². The molecule has 6 nitrogen and oxygen atoms in total. The number of allylic oxidation sites excluding steroid dienone is 10. The zero-order valence-corrected chi connectivity index (χ0v) is 24.6. The lowest BCUT2D eigenvalue weighted by molar-refractivity contribution is -0.121. The van der Waals surface area contributed by atoms with Crippen LogP contribution in [0.5, 0.6) is 0 Å². The highest BCUT2D eigenvalue weighted by Gasteiger charge is 2.03. The van der Waals surface area contributed by atoms with Crippen molar-refractivity contribution in [3.05, 3.63) is 96.9 Å². The van der Waals surface area contributed by atoms with Gasteiger partial charge in [0, 0.05) is 51.4 Å². The van der Waals surface area contributed by atoms with E-state index in [2.05, 4.69) is 88.2 Å². The Morgan fingerprint density at radius 1 is 0.800 bits per heavy atom. The number of pyridine rings is 1. The van der Waals surface area contributed by atoms with Gasteiger partial charge in [-0.15, -0.1) is 0 Å². The van der Waals surface area contributed by atoms with Crippen LogP contribution < -0.4 is 10.6 Å². The summed E-state index contributed by atoms with van der Waals surface area (Å²) in [6, 6.07) is 3.81. The number of nitrogens with one attached hydrogen (secondary N) is 2. The molecule has 0 aliphatic heterocycles. The molecule has 1 rings (SSSR count). The van der Waals surface area contributed by atoms with E-state index in [1.165, 1.54) is 0 Å². The lowest BCUT2D eigenvalue weighted by Crippen LogP contribution is -2.37. The molecule has 2 N–H and O–H groups in total. The van der Waals surface area contributed by atoms with Gasteiger partial charge in [0.05, 0.1) is 0 Å². The Balaban J connectivity index is 1.95. The van der Waals surface area contributed by atoms with E-state index in [1.807, 2.05) is 31.3 Å². The first-order valence-corrected chi connectivity index (χ1v) is 14.6. The maximum atomic E-state index is 12.0. The number of hydrogen-bond acceptors (Lipinski definition) is 4. The zero-order valence-electron chi connectivity index (χ0n) is 24.6. The quantitative estimate of drug-likeness (QED) is 0.127. The number of likely N-dealkylation sites (N-methyl/N-ethyl adjacent to an activating group) is 1. The van der Waals surface area contributed by atoms with Crippen molar-refractivity contribution in [2.24, 2.45) is 0 Å². The first kappa shape index (κ1) is 34.5. The standard InChI is InChI=1S/C34H50N4O2/c1-3-4-5-6-7-8-9-10-11-12-13-14-15-16-17-18-19-24-33(39)36-27-29-38(2)30-28-37-34(40)25-20-22-32-23-21-26-35-31-32/h4-5,7-8,10-11,13-14,16-17,20-23,26,31H,3,6,9,12,15,18-19,24-25,27-30H2,1-2H3,(H,36,39)(H,37,40)/b5-4-,8-7-,11-10-,14-13-,17-16-,22-20+. The molecule has 1 aromatic heterocycles. The van der Waals surface area contributed by atoms with Gasteiger partial charge in [0.25, 0.3) is 0 Å². The van der Waals surface area contributed by atoms with Crippen molar-refractivity contribution in [3.8, 4) is 0 Å². The second-order valence-corrected chi connectivity index (χ2v) is 9.50. The van der Waals surface area contributed by atoms with Gasteiger partial charge >= 0.3 is 0 Å². The number of carbonyl (C=O) groups excluding carboxylic acids is 2. The van der Waals surface area contributed by atoms with Gasteiger partial charge in [0.15, 0.2) is 0 Å². The lowest BCUT2D eigenvalue weighted by atomic mass is 10.2. The van der Waals surface area contributed by atoms with E-state index in [0.717, 1.165) is 63.6 Å². The Bertz CT molecular complexity index is 961. The predicted molar refractivity (Wildman–Crippen MR) is 170 cm³/mol. The summed E-state index contributed by atoms with van der Waals surface area (Å²) in [6.45, 7) is 4.82. The highest BCUT2D eigenvalue weighted by Crippen LogP contribution is 2.01. The normalized spacial score (nSPS) is 12.4. The number of amides is 2. The Labute approximate surface area is 242 Å². The van der Waals surface area contributed by atoms with Crippen molar-refractivity contribution < 1.29 is 9.59 Å². The number of unbranched alkanes of at least 4 members (excludes halogenated alkanes) is 1. The maximum Gasteiger partial charge on any atom is 0.223 e. The third-order valence-corrected chi connectivity index (χ3v) is 5.86. The molecule has 0 bridgehead atoms. The van der Waals surface area contributed by atoms with Crippen molar-refractivity contribution in [3.63, 3.8) is 0 Å². The first-order chi connectivity index (χ1) is 19.6. The molecule has 0 unspecified atom stereocenters. The summed E-state index contributed by atoms with van der Waals surface area (Å²) in [6.07, 6.45) is 36.8. The molecule has 0 radical (unpaired) electrons. The molecule has 40 heavy (non-hydrogen) atoms. The van der Waals surface area contributed by atoms with E-state index in [0.29, 0.717) is 25.9 Å². The molecule has 0 aromatic carbocycles. The van der Waals surface area contributed by atoms with Crippen LogP contribution in [0.4, 0.5) is 0 Å². The summed E-state index contributed by atoms with van der Waals surface area (Å²) in [7, 11) is 1.99. The molecule has 0 atom stereocenters. The van der Waals surface area contributed by atoms with E-state index < -0.39 is 0 Å². The Kier molecular flexibility index (Phi) is 22.2. The predicted octanol–water partition coefficient (Wildman–Crippen LogP) is 6.57. The van der Waals surface area contributed by atoms with Crippen LogP contribution in [0.1, 0.15) is 70.3 Å². The van der Waals surface area contributed by atoms with E-state index in [9.17, 15) is 9.59 Å². The summed E-state index contributed by atoms with van der Waals surface area (Å²) in [5.41, 5.74) is 0.978. The van der Waals surface area contributed by atoms with Gasteiger partial charge in [0.2, 0.25) is 11.8 Å². The smallest absolute Gasteiger partial charge is 0.223 e.